The first-order valence-corrected chi connectivity index (χ1v) is 7.47. The lowest BCUT2D eigenvalue weighted by Gasteiger charge is -2.35. The van der Waals surface area contributed by atoms with Crippen LogP contribution in [0.4, 0.5) is 5.69 Å². The van der Waals surface area contributed by atoms with Gasteiger partial charge >= 0.3 is 0 Å². The van der Waals surface area contributed by atoms with E-state index in [4.69, 9.17) is 5.73 Å². The van der Waals surface area contributed by atoms with E-state index in [0.29, 0.717) is 0 Å². The van der Waals surface area contributed by atoms with Gasteiger partial charge in [0, 0.05) is 43.6 Å². The second-order valence-corrected chi connectivity index (χ2v) is 5.71. The molecule has 1 aromatic rings. The lowest BCUT2D eigenvalue weighted by Crippen LogP contribution is -2.47. The molecule has 0 aromatic carbocycles. The summed E-state index contributed by atoms with van der Waals surface area (Å²) in [4.78, 5) is 20.7. The summed E-state index contributed by atoms with van der Waals surface area (Å²) in [5.41, 5.74) is 7.19. The Morgan fingerprint density at radius 2 is 1.73 bits per heavy atom. The van der Waals surface area contributed by atoms with Gasteiger partial charge in [0.1, 0.15) is 0 Å². The maximum Gasteiger partial charge on any atom is 0.227 e. The molecule has 2 aliphatic rings. The Hall–Kier alpha value is -1.04. The van der Waals surface area contributed by atoms with Crippen LogP contribution in [-0.4, -0.2) is 41.6 Å². The van der Waals surface area contributed by atoms with Crippen molar-refractivity contribution in [1.29, 1.82) is 0 Å². The highest BCUT2D eigenvalue weighted by atomic mass is 35.5. The van der Waals surface area contributed by atoms with Crippen molar-refractivity contribution in [1.82, 2.24) is 9.88 Å². The summed E-state index contributed by atoms with van der Waals surface area (Å²) in [5, 5.41) is 0. The number of nitrogens with zero attached hydrogens (tertiary/aromatic N) is 3. The number of hydrogen-bond donors (Lipinski definition) is 1. The molecule has 1 atom stereocenters. The minimum atomic E-state index is -0.0549. The topological polar surface area (TPSA) is 62.5 Å². The minimum absolute atomic E-state index is 0. The zero-order chi connectivity index (χ0) is 13.9. The number of aromatic nitrogens is 1. The molecule has 2 fully saturated rings. The van der Waals surface area contributed by atoms with Crippen LogP contribution in [-0.2, 0) is 4.79 Å². The highest BCUT2D eigenvalue weighted by Crippen LogP contribution is 2.26. The fourth-order valence-electron chi connectivity index (χ4n) is 3.24. The number of piperidine rings is 1. The largest absolute Gasteiger partial charge is 0.371 e. The molecule has 2 saturated heterocycles. The smallest absolute Gasteiger partial charge is 0.227 e. The zero-order valence-electron chi connectivity index (χ0n) is 12.6. The molecule has 2 aliphatic heterocycles. The molecule has 0 saturated carbocycles. The van der Waals surface area contributed by atoms with Crippen LogP contribution in [0.1, 0.15) is 25.7 Å². The molecule has 5 nitrogen and oxygen atoms in total. The number of anilines is 1. The highest BCUT2D eigenvalue weighted by Gasteiger charge is 2.33. The SMILES string of the molecule is Cl.Cl.NC1CCCN1C(=O)C1CCN(c2ccncc2)CC1. The zero-order valence-corrected chi connectivity index (χ0v) is 14.2. The number of amides is 1. The van der Waals surface area contributed by atoms with Gasteiger partial charge in [-0.05, 0) is 37.8 Å². The van der Waals surface area contributed by atoms with Crippen molar-refractivity contribution in [2.45, 2.75) is 31.8 Å². The van der Waals surface area contributed by atoms with E-state index in [0.717, 1.165) is 45.3 Å². The van der Waals surface area contributed by atoms with Crippen LogP contribution < -0.4 is 10.6 Å². The van der Waals surface area contributed by atoms with E-state index in [1.54, 1.807) is 0 Å². The Kier molecular flexibility index (Phi) is 7.39. The fourth-order valence-corrected chi connectivity index (χ4v) is 3.24. The number of carbonyl (C=O) groups is 1. The average molecular weight is 347 g/mol. The summed E-state index contributed by atoms with van der Waals surface area (Å²) < 4.78 is 0. The molecule has 0 spiro atoms. The normalized spacial score (nSPS) is 22.0. The molecule has 7 heteroatoms. The Morgan fingerprint density at radius 3 is 2.27 bits per heavy atom. The van der Waals surface area contributed by atoms with Crippen molar-refractivity contribution in [3.8, 4) is 0 Å². The number of carbonyl (C=O) groups excluding carboxylic acids is 1. The summed E-state index contributed by atoms with van der Waals surface area (Å²) in [7, 11) is 0. The molecular formula is C15H24Cl2N4O. The van der Waals surface area contributed by atoms with Gasteiger partial charge < -0.3 is 15.5 Å². The number of rotatable bonds is 2. The second-order valence-electron chi connectivity index (χ2n) is 5.71. The quantitative estimate of drug-likeness (QED) is 0.890. The van der Waals surface area contributed by atoms with E-state index < -0.39 is 0 Å². The van der Waals surface area contributed by atoms with E-state index in [-0.39, 0.29) is 42.8 Å². The van der Waals surface area contributed by atoms with Gasteiger partial charge in [-0.25, -0.2) is 0 Å². The maximum atomic E-state index is 12.5. The van der Waals surface area contributed by atoms with Crippen molar-refractivity contribution in [2.24, 2.45) is 11.7 Å². The van der Waals surface area contributed by atoms with Gasteiger partial charge in [0.15, 0.2) is 0 Å². The molecule has 1 amide bonds. The van der Waals surface area contributed by atoms with Gasteiger partial charge in [0.25, 0.3) is 0 Å². The van der Waals surface area contributed by atoms with Crippen LogP contribution in [0.15, 0.2) is 24.5 Å². The number of hydrogen-bond acceptors (Lipinski definition) is 4. The summed E-state index contributed by atoms with van der Waals surface area (Å²) in [6.07, 6.45) is 7.41. The standard InChI is InChI=1S/C15H22N4O.2ClH/c16-14-2-1-9-19(14)15(20)12-5-10-18(11-6-12)13-3-7-17-8-4-13;;/h3-4,7-8,12,14H,1-2,5-6,9-11,16H2;2*1H. The summed E-state index contributed by atoms with van der Waals surface area (Å²) in [6.45, 7) is 2.71. The Morgan fingerprint density at radius 1 is 1.09 bits per heavy atom. The van der Waals surface area contributed by atoms with E-state index in [2.05, 4.69) is 9.88 Å². The molecule has 0 bridgehead atoms. The van der Waals surface area contributed by atoms with Gasteiger partial charge in [-0.2, -0.15) is 0 Å². The summed E-state index contributed by atoms with van der Waals surface area (Å²) in [6, 6.07) is 4.05. The van der Waals surface area contributed by atoms with Crippen LogP contribution in [0.25, 0.3) is 0 Å². The van der Waals surface area contributed by atoms with E-state index in [9.17, 15) is 4.79 Å². The monoisotopic (exact) mass is 346 g/mol. The maximum absolute atomic E-state index is 12.5. The van der Waals surface area contributed by atoms with Gasteiger partial charge in [0.2, 0.25) is 5.91 Å². The number of pyridine rings is 1. The lowest BCUT2D eigenvalue weighted by molar-refractivity contribution is -0.136. The second kappa shape index (κ2) is 8.56. The molecule has 2 N–H and O–H groups in total. The third kappa shape index (κ3) is 4.03. The molecule has 1 unspecified atom stereocenters. The Bertz CT molecular complexity index is 466. The van der Waals surface area contributed by atoms with Crippen LogP contribution in [0.3, 0.4) is 0 Å². The van der Waals surface area contributed by atoms with Crippen LogP contribution in [0.5, 0.6) is 0 Å². The van der Waals surface area contributed by atoms with E-state index >= 15 is 0 Å². The van der Waals surface area contributed by atoms with Crippen molar-refractivity contribution in [3.05, 3.63) is 24.5 Å². The summed E-state index contributed by atoms with van der Waals surface area (Å²) in [5.74, 6) is 0.418. The third-order valence-corrected chi connectivity index (χ3v) is 4.45. The average Bonchev–Trinajstić information content (AvgIpc) is 2.94. The van der Waals surface area contributed by atoms with Gasteiger partial charge in [0.05, 0.1) is 6.17 Å². The fraction of sp³-hybridized carbons (Fsp3) is 0.600. The predicted octanol–water partition coefficient (Wildman–Crippen LogP) is 2.05. The Balaban J connectivity index is 0.00000121. The first kappa shape index (κ1) is 19.0. The van der Waals surface area contributed by atoms with Crippen molar-refractivity contribution in [2.75, 3.05) is 24.5 Å². The van der Waals surface area contributed by atoms with Gasteiger partial charge in [-0.15, -0.1) is 24.8 Å². The van der Waals surface area contributed by atoms with E-state index in [1.165, 1.54) is 5.69 Å². The molecule has 0 radical (unpaired) electrons. The lowest BCUT2D eigenvalue weighted by atomic mass is 9.95. The molecule has 3 rings (SSSR count). The molecule has 124 valence electrons. The molecule has 3 heterocycles. The number of halogens is 2. The third-order valence-electron chi connectivity index (χ3n) is 4.45. The van der Waals surface area contributed by atoms with Crippen molar-refractivity contribution < 1.29 is 4.79 Å². The highest BCUT2D eigenvalue weighted by molar-refractivity contribution is 5.85. The Labute approximate surface area is 144 Å². The van der Waals surface area contributed by atoms with Crippen molar-refractivity contribution >= 4 is 36.4 Å². The van der Waals surface area contributed by atoms with Crippen LogP contribution >= 0.6 is 24.8 Å². The van der Waals surface area contributed by atoms with Gasteiger partial charge in [-0.1, -0.05) is 0 Å². The first-order valence-electron chi connectivity index (χ1n) is 7.47. The predicted molar refractivity (Wildman–Crippen MR) is 92.6 cm³/mol. The molecule has 1 aromatic heterocycles. The minimum Gasteiger partial charge on any atom is -0.371 e. The van der Waals surface area contributed by atoms with E-state index in [1.807, 2.05) is 29.4 Å². The number of likely N-dealkylation sites (tertiary alicyclic amines) is 1. The molecular weight excluding hydrogens is 323 g/mol. The molecule has 0 aliphatic carbocycles. The first-order chi connectivity index (χ1) is 9.75. The van der Waals surface area contributed by atoms with Crippen LogP contribution in [0, 0.1) is 5.92 Å². The number of nitrogens with two attached hydrogens (primary N) is 1. The van der Waals surface area contributed by atoms with Crippen molar-refractivity contribution in [3.63, 3.8) is 0 Å². The van der Waals surface area contributed by atoms with Crippen LogP contribution in [0.2, 0.25) is 0 Å². The van der Waals surface area contributed by atoms with Gasteiger partial charge in [-0.3, -0.25) is 9.78 Å². The molecule has 22 heavy (non-hydrogen) atoms. The summed E-state index contributed by atoms with van der Waals surface area (Å²) >= 11 is 0.